The first-order chi connectivity index (χ1) is 14.1. The average molecular weight is 523 g/mol. The number of morpholine rings is 1. The molecule has 1 fully saturated rings. The zero-order chi connectivity index (χ0) is 20.5. The van der Waals surface area contributed by atoms with Crippen LogP contribution in [0.25, 0.3) is 0 Å². The number of guanidine groups is 1. The van der Waals surface area contributed by atoms with E-state index in [9.17, 15) is 0 Å². The van der Waals surface area contributed by atoms with Gasteiger partial charge in [0, 0.05) is 38.9 Å². The van der Waals surface area contributed by atoms with Crippen LogP contribution in [0.5, 0.6) is 0 Å². The van der Waals surface area contributed by atoms with Gasteiger partial charge in [0.25, 0.3) is 0 Å². The van der Waals surface area contributed by atoms with Gasteiger partial charge in [0.15, 0.2) is 5.96 Å². The maximum atomic E-state index is 5.63. The predicted octanol–water partition coefficient (Wildman–Crippen LogP) is 3.61. The third-order valence-corrected chi connectivity index (χ3v) is 5.15. The van der Waals surface area contributed by atoms with Gasteiger partial charge in [0.2, 0.25) is 0 Å². The number of aromatic nitrogens is 1. The van der Waals surface area contributed by atoms with Crippen LogP contribution in [0, 0.1) is 0 Å². The number of anilines is 1. The molecule has 30 heavy (non-hydrogen) atoms. The predicted molar refractivity (Wildman–Crippen MR) is 135 cm³/mol. The zero-order valence-electron chi connectivity index (χ0n) is 18.2. The quantitative estimate of drug-likeness (QED) is 0.330. The maximum Gasteiger partial charge on any atom is 0.191 e. The Morgan fingerprint density at radius 2 is 2.07 bits per heavy atom. The molecule has 6 nitrogen and oxygen atoms in total. The molecule has 3 rings (SSSR count). The van der Waals surface area contributed by atoms with Crippen LogP contribution in [0.15, 0.2) is 53.7 Å². The summed E-state index contributed by atoms with van der Waals surface area (Å²) >= 11 is 0. The van der Waals surface area contributed by atoms with Gasteiger partial charge in [-0.2, -0.15) is 0 Å². The molecule has 1 aliphatic rings. The molecule has 2 unspecified atom stereocenters. The third-order valence-electron chi connectivity index (χ3n) is 5.15. The lowest BCUT2D eigenvalue weighted by Gasteiger charge is -2.32. The molecule has 0 bridgehead atoms. The molecule has 2 aromatic rings. The Morgan fingerprint density at radius 3 is 2.80 bits per heavy atom. The summed E-state index contributed by atoms with van der Waals surface area (Å²) in [5.74, 6) is 1.84. The number of nitrogens with zero attached hydrogens (tertiary/aromatic N) is 3. The molecule has 1 aromatic heterocycles. The Kier molecular flexibility index (Phi) is 10.4. The SMILES string of the molecule is CN=C(NCc1ccnc(N2CCOC(C)C2)c1)NC(C)CCc1ccccc1.I. The van der Waals surface area contributed by atoms with E-state index in [0.717, 1.165) is 44.3 Å². The van der Waals surface area contributed by atoms with Gasteiger partial charge in [0.1, 0.15) is 5.82 Å². The van der Waals surface area contributed by atoms with Gasteiger partial charge in [-0.1, -0.05) is 30.3 Å². The van der Waals surface area contributed by atoms with Crippen molar-refractivity contribution >= 4 is 35.8 Å². The number of aliphatic imine (C=N–C) groups is 1. The fraction of sp³-hybridized carbons (Fsp3) is 0.478. The summed E-state index contributed by atoms with van der Waals surface area (Å²) in [5, 5.41) is 6.91. The van der Waals surface area contributed by atoms with Gasteiger partial charge in [-0.3, -0.25) is 4.99 Å². The van der Waals surface area contributed by atoms with Crippen molar-refractivity contribution in [2.75, 3.05) is 31.6 Å². The molecular weight excluding hydrogens is 489 g/mol. The Bertz CT molecular complexity index is 786. The van der Waals surface area contributed by atoms with E-state index in [4.69, 9.17) is 4.74 Å². The van der Waals surface area contributed by atoms with E-state index in [1.807, 2.05) is 19.3 Å². The number of ether oxygens (including phenoxy) is 1. The fourth-order valence-electron chi connectivity index (χ4n) is 3.48. The van der Waals surface area contributed by atoms with E-state index in [0.29, 0.717) is 12.6 Å². The molecule has 164 valence electrons. The number of pyridine rings is 1. The van der Waals surface area contributed by atoms with Crippen molar-refractivity contribution in [1.82, 2.24) is 15.6 Å². The Morgan fingerprint density at radius 1 is 1.27 bits per heavy atom. The summed E-state index contributed by atoms with van der Waals surface area (Å²) in [7, 11) is 1.81. The van der Waals surface area contributed by atoms with Gasteiger partial charge in [0.05, 0.1) is 12.7 Å². The Balaban J connectivity index is 0.00000320. The van der Waals surface area contributed by atoms with Crippen LogP contribution in [0.3, 0.4) is 0 Å². The van der Waals surface area contributed by atoms with Crippen LogP contribution in [0.1, 0.15) is 31.4 Å². The normalized spacial score (nSPS) is 17.8. The van der Waals surface area contributed by atoms with E-state index in [2.05, 4.69) is 75.8 Å². The zero-order valence-corrected chi connectivity index (χ0v) is 20.5. The molecular formula is C23H34IN5O. The summed E-state index contributed by atoms with van der Waals surface area (Å²) in [6, 6.07) is 15.1. The largest absolute Gasteiger partial charge is 0.375 e. The van der Waals surface area contributed by atoms with Crippen molar-refractivity contribution in [1.29, 1.82) is 0 Å². The smallest absolute Gasteiger partial charge is 0.191 e. The lowest BCUT2D eigenvalue weighted by molar-refractivity contribution is 0.0529. The molecule has 2 heterocycles. The third kappa shape index (κ3) is 7.75. The Labute approximate surface area is 197 Å². The number of rotatable bonds is 7. The lowest BCUT2D eigenvalue weighted by Crippen LogP contribution is -2.42. The van der Waals surface area contributed by atoms with Crippen molar-refractivity contribution in [2.24, 2.45) is 4.99 Å². The van der Waals surface area contributed by atoms with Crippen LogP contribution in [0.4, 0.5) is 5.82 Å². The fourth-order valence-corrected chi connectivity index (χ4v) is 3.48. The highest BCUT2D eigenvalue weighted by Gasteiger charge is 2.18. The van der Waals surface area contributed by atoms with Gasteiger partial charge < -0.3 is 20.3 Å². The number of hydrogen-bond acceptors (Lipinski definition) is 4. The second-order valence-corrected chi connectivity index (χ2v) is 7.65. The molecule has 0 saturated carbocycles. The summed E-state index contributed by atoms with van der Waals surface area (Å²) < 4.78 is 5.63. The highest BCUT2D eigenvalue weighted by molar-refractivity contribution is 14.0. The molecule has 0 amide bonds. The number of benzene rings is 1. The molecule has 7 heteroatoms. The monoisotopic (exact) mass is 523 g/mol. The van der Waals surface area contributed by atoms with Gasteiger partial charge in [-0.05, 0) is 49.9 Å². The van der Waals surface area contributed by atoms with Crippen LogP contribution in [0.2, 0.25) is 0 Å². The summed E-state index contributed by atoms with van der Waals surface area (Å²) in [4.78, 5) is 11.2. The number of halogens is 1. The van der Waals surface area contributed by atoms with Crippen molar-refractivity contribution in [2.45, 2.75) is 45.4 Å². The summed E-state index contributed by atoms with van der Waals surface area (Å²) in [5.41, 5.74) is 2.56. The first kappa shape index (κ1) is 24.4. The molecule has 1 aliphatic heterocycles. The molecule has 0 radical (unpaired) electrons. The van der Waals surface area contributed by atoms with E-state index < -0.39 is 0 Å². The van der Waals surface area contributed by atoms with E-state index in [-0.39, 0.29) is 30.1 Å². The number of nitrogens with one attached hydrogen (secondary N) is 2. The molecule has 2 N–H and O–H groups in total. The maximum absolute atomic E-state index is 5.63. The summed E-state index contributed by atoms with van der Waals surface area (Å²) in [6.45, 7) is 7.53. The minimum Gasteiger partial charge on any atom is -0.375 e. The summed E-state index contributed by atoms with van der Waals surface area (Å²) in [6.07, 6.45) is 4.23. The second kappa shape index (κ2) is 12.7. The van der Waals surface area contributed by atoms with Gasteiger partial charge in [-0.15, -0.1) is 24.0 Å². The topological polar surface area (TPSA) is 61.8 Å². The van der Waals surface area contributed by atoms with E-state index >= 15 is 0 Å². The highest BCUT2D eigenvalue weighted by Crippen LogP contribution is 2.16. The average Bonchev–Trinajstić information content (AvgIpc) is 2.76. The molecule has 1 saturated heterocycles. The Hall–Kier alpha value is -1.87. The highest BCUT2D eigenvalue weighted by atomic mass is 127. The standard InChI is InChI=1S/C23H33N5O.HI/c1-18(9-10-20-7-5-4-6-8-20)27-23(24-3)26-16-21-11-12-25-22(15-21)28-13-14-29-19(2)17-28;/h4-8,11-12,15,18-19H,9-10,13-14,16-17H2,1-3H3,(H2,24,26,27);1H. The van der Waals surface area contributed by atoms with Crippen molar-refractivity contribution in [3.63, 3.8) is 0 Å². The first-order valence-electron chi connectivity index (χ1n) is 10.5. The van der Waals surface area contributed by atoms with Gasteiger partial charge in [-0.25, -0.2) is 4.98 Å². The van der Waals surface area contributed by atoms with E-state index in [1.165, 1.54) is 11.1 Å². The minimum absolute atomic E-state index is 0. The van der Waals surface area contributed by atoms with Crippen LogP contribution < -0.4 is 15.5 Å². The first-order valence-corrected chi connectivity index (χ1v) is 10.5. The molecule has 0 spiro atoms. The van der Waals surface area contributed by atoms with E-state index in [1.54, 1.807) is 0 Å². The van der Waals surface area contributed by atoms with Gasteiger partial charge >= 0.3 is 0 Å². The van der Waals surface area contributed by atoms with Crippen LogP contribution in [-0.4, -0.2) is 49.8 Å². The molecule has 2 atom stereocenters. The molecule has 0 aliphatic carbocycles. The van der Waals surface area contributed by atoms with Crippen molar-refractivity contribution < 1.29 is 4.74 Å². The van der Waals surface area contributed by atoms with Crippen LogP contribution >= 0.6 is 24.0 Å². The van der Waals surface area contributed by atoms with Crippen molar-refractivity contribution in [3.05, 3.63) is 59.8 Å². The van der Waals surface area contributed by atoms with Crippen LogP contribution in [-0.2, 0) is 17.7 Å². The lowest BCUT2D eigenvalue weighted by atomic mass is 10.1. The second-order valence-electron chi connectivity index (χ2n) is 7.65. The number of aryl methyl sites for hydroxylation is 1. The minimum atomic E-state index is 0. The number of hydrogen-bond donors (Lipinski definition) is 2. The van der Waals surface area contributed by atoms with Crippen molar-refractivity contribution in [3.8, 4) is 0 Å². The molecule has 1 aromatic carbocycles.